The summed E-state index contributed by atoms with van der Waals surface area (Å²) in [5, 5.41) is 12.1. The number of piperidine rings is 3. The van der Waals surface area contributed by atoms with Gasteiger partial charge in [-0.3, -0.25) is 19.0 Å². The van der Waals surface area contributed by atoms with Crippen LogP contribution < -0.4 is 4.74 Å². The molecule has 190 valence electrons. The van der Waals surface area contributed by atoms with Crippen molar-refractivity contribution in [3.63, 3.8) is 0 Å². The molecule has 3 unspecified atom stereocenters. The second-order valence-electron chi connectivity index (χ2n) is 7.94. The number of nitrogens with zero attached hydrogens (tertiary/aromatic N) is 2. The fraction of sp³-hybridized carbons (Fsp3) is 0.450. The van der Waals surface area contributed by atoms with Crippen LogP contribution in [0.2, 0.25) is 0 Å². The number of fused-ring (bicyclic) bond motifs is 4. The second kappa shape index (κ2) is 11.7. The Bertz CT molecular complexity index is 1120. The molecule has 0 saturated carbocycles. The zero-order valence-corrected chi connectivity index (χ0v) is 20.1. The molecule has 2 aromatic rings. The van der Waals surface area contributed by atoms with Gasteiger partial charge in [-0.15, -0.1) is 6.58 Å². The van der Waals surface area contributed by atoms with Gasteiger partial charge in [0.2, 0.25) is 0 Å². The third kappa shape index (κ3) is 8.69. The van der Waals surface area contributed by atoms with E-state index in [1.807, 2.05) is 24.3 Å². The molecule has 6 N–H and O–H groups in total. The number of rotatable bonds is 4. The molecule has 14 heteroatoms. The van der Waals surface area contributed by atoms with Crippen molar-refractivity contribution in [2.75, 3.05) is 20.2 Å². The molecule has 3 aliphatic heterocycles. The van der Waals surface area contributed by atoms with Crippen LogP contribution in [0.15, 0.2) is 43.1 Å². The van der Waals surface area contributed by atoms with Gasteiger partial charge in [0.25, 0.3) is 0 Å². The van der Waals surface area contributed by atoms with Crippen LogP contribution in [-0.2, 0) is 15.0 Å². The lowest BCUT2D eigenvalue weighted by Gasteiger charge is -2.50. The van der Waals surface area contributed by atoms with E-state index >= 15 is 0 Å². The minimum absolute atomic E-state index is 0.178. The van der Waals surface area contributed by atoms with Crippen molar-refractivity contribution in [1.29, 1.82) is 0 Å². The number of aliphatic hydroxyl groups is 1. The Kier molecular flexibility index (Phi) is 9.71. The van der Waals surface area contributed by atoms with Crippen molar-refractivity contribution < 1.29 is 46.6 Å². The third-order valence-corrected chi connectivity index (χ3v) is 5.82. The number of ether oxygens (including phenoxy) is 1. The molecule has 0 aliphatic carbocycles. The third-order valence-electron chi connectivity index (χ3n) is 5.82. The molecule has 3 fully saturated rings. The molecule has 0 amide bonds. The Balaban J connectivity index is 0.000000347. The van der Waals surface area contributed by atoms with Crippen molar-refractivity contribution in [3.05, 3.63) is 48.7 Å². The molecule has 1 aromatic carbocycles. The Morgan fingerprint density at radius 1 is 1.26 bits per heavy atom. The van der Waals surface area contributed by atoms with E-state index < -0.39 is 24.3 Å². The van der Waals surface area contributed by atoms with Crippen LogP contribution in [-0.4, -0.2) is 73.4 Å². The number of benzene rings is 1. The van der Waals surface area contributed by atoms with Crippen LogP contribution in [0.3, 0.4) is 0 Å². The number of hydrogen-bond acceptors (Lipinski definition) is 7. The smallest absolute Gasteiger partial charge is 0.466 e. The first-order chi connectivity index (χ1) is 15.7. The normalized spacial score (nSPS) is 24.8. The number of phosphoric acid groups is 1. The Morgan fingerprint density at radius 2 is 1.88 bits per heavy atom. The largest absolute Gasteiger partial charge is 0.497 e. The molecule has 2 bridgehead atoms. The number of aromatic nitrogens is 1. The van der Waals surface area contributed by atoms with E-state index in [1.165, 1.54) is 6.42 Å². The first kappa shape index (κ1) is 28.3. The summed E-state index contributed by atoms with van der Waals surface area (Å²) in [5.74, 6) is 2.01. The van der Waals surface area contributed by atoms with Crippen molar-refractivity contribution in [3.8, 4) is 5.75 Å². The van der Waals surface area contributed by atoms with Gasteiger partial charge in [0.1, 0.15) is 5.75 Å². The molecule has 5 rings (SSSR count). The lowest BCUT2D eigenvalue weighted by atomic mass is 9.73. The second-order valence-corrected chi connectivity index (χ2v) is 9.86. The summed E-state index contributed by atoms with van der Waals surface area (Å²) in [6, 6.07) is 7.96. The zero-order chi connectivity index (χ0) is 25.7. The van der Waals surface area contributed by atoms with E-state index in [0.29, 0.717) is 11.8 Å². The maximum absolute atomic E-state index is 11.2. The van der Waals surface area contributed by atoms with E-state index in [1.54, 1.807) is 13.3 Å². The average Bonchev–Trinajstić information content (AvgIpc) is 2.75. The van der Waals surface area contributed by atoms with Gasteiger partial charge in [-0.2, -0.15) is 8.42 Å². The van der Waals surface area contributed by atoms with Crippen LogP contribution in [0, 0.1) is 11.8 Å². The van der Waals surface area contributed by atoms with Gasteiger partial charge in [-0.05, 0) is 61.1 Å². The summed E-state index contributed by atoms with van der Waals surface area (Å²) in [7, 11) is -7.64. The summed E-state index contributed by atoms with van der Waals surface area (Å²) >= 11 is 0. The molecule has 12 nitrogen and oxygen atoms in total. The minimum atomic E-state index is -4.67. The molecular weight excluding hydrogens is 491 g/mol. The highest BCUT2D eigenvalue weighted by atomic mass is 32.3. The van der Waals surface area contributed by atoms with Crippen molar-refractivity contribution in [2.24, 2.45) is 11.8 Å². The highest BCUT2D eigenvalue weighted by molar-refractivity contribution is 7.79. The van der Waals surface area contributed by atoms with E-state index in [2.05, 4.69) is 22.5 Å². The van der Waals surface area contributed by atoms with Crippen molar-refractivity contribution in [1.82, 2.24) is 9.88 Å². The fourth-order valence-corrected chi connectivity index (χ4v) is 4.44. The minimum Gasteiger partial charge on any atom is -0.497 e. The van der Waals surface area contributed by atoms with Crippen molar-refractivity contribution in [2.45, 2.75) is 25.0 Å². The summed E-state index contributed by atoms with van der Waals surface area (Å²) in [6.07, 6.45) is 5.62. The Labute approximate surface area is 197 Å². The van der Waals surface area contributed by atoms with Gasteiger partial charge < -0.3 is 24.5 Å². The Hall–Kier alpha value is -1.93. The maximum atomic E-state index is 11.2. The van der Waals surface area contributed by atoms with Crippen LogP contribution in [0.1, 0.15) is 24.5 Å². The maximum Gasteiger partial charge on any atom is 0.466 e. The van der Waals surface area contributed by atoms with E-state index in [4.69, 9.17) is 41.5 Å². The van der Waals surface area contributed by atoms with Gasteiger partial charge in [0.05, 0.1) is 18.7 Å². The van der Waals surface area contributed by atoms with Gasteiger partial charge >= 0.3 is 18.2 Å². The SMILES string of the molecule is C=C[C@@H]1CN2CCC1C[C@H]2C(O)c1ccnc2ccc(OC)cc12.O=P(O)(O)O.O=S(=O)(O)O. The van der Waals surface area contributed by atoms with Gasteiger partial charge in [-0.25, -0.2) is 4.57 Å². The van der Waals surface area contributed by atoms with Crippen LogP contribution in [0.4, 0.5) is 0 Å². The molecule has 0 radical (unpaired) electrons. The summed E-state index contributed by atoms with van der Waals surface area (Å²) < 4.78 is 45.8. The van der Waals surface area contributed by atoms with Crippen LogP contribution >= 0.6 is 7.82 Å². The number of hydrogen-bond donors (Lipinski definition) is 6. The van der Waals surface area contributed by atoms with Crippen LogP contribution in [0.5, 0.6) is 5.75 Å². The Morgan fingerprint density at radius 3 is 2.38 bits per heavy atom. The molecule has 5 atom stereocenters. The molecule has 4 heterocycles. The number of methoxy groups -OCH3 is 1. The van der Waals surface area contributed by atoms with E-state index in [9.17, 15) is 5.11 Å². The van der Waals surface area contributed by atoms with Gasteiger partial charge in [-0.1, -0.05) is 6.08 Å². The monoisotopic (exact) mass is 520 g/mol. The van der Waals surface area contributed by atoms with Crippen LogP contribution in [0.25, 0.3) is 10.9 Å². The zero-order valence-electron chi connectivity index (χ0n) is 18.4. The summed E-state index contributed by atoms with van der Waals surface area (Å²) in [6.45, 7) is 6.07. The average molecular weight is 520 g/mol. The topological polar surface area (TPSA) is 198 Å². The number of aliphatic hydroxyl groups excluding tert-OH is 1. The highest BCUT2D eigenvalue weighted by Crippen LogP contribution is 2.42. The predicted octanol–water partition coefficient (Wildman–Crippen LogP) is 1.59. The van der Waals surface area contributed by atoms with Crippen molar-refractivity contribution >= 4 is 29.1 Å². The van der Waals surface area contributed by atoms with E-state index in [0.717, 1.165) is 41.7 Å². The quantitative estimate of drug-likeness (QED) is 0.194. The molecule has 3 aliphatic rings. The standard InChI is InChI=1S/C20H24N2O2.H3O4P.H2O4S/c1-3-13-12-22-9-7-14(13)10-19(22)20(23)16-6-8-21-18-5-4-15(24-2)11-17(16)18;2*1-5(2,3)4/h3-6,8,11,13-14,19-20,23H,1,7,9-10,12H2,2H3;(H3,1,2,3,4);(H2,1,2,3,4)/t13-,14?,19+,20?;;/m1../s1. The molecule has 3 saturated heterocycles. The molecular formula is C20H29N2O10PS. The predicted molar refractivity (Wildman–Crippen MR) is 123 cm³/mol. The first-order valence-electron chi connectivity index (χ1n) is 10.2. The first-order valence-corrected chi connectivity index (χ1v) is 13.1. The summed E-state index contributed by atoms with van der Waals surface area (Å²) in [5.41, 5.74) is 1.85. The fourth-order valence-electron chi connectivity index (χ4n) is 4.44. The molecule has 34 heavy (non-hydrogen) atoms. The van der Waals surface area contributed by atoms with Gasteiger partial charge in [0.15, 0.2) is 0 Å². The number of pyridine rings is 1. The lowest BCUT2D eigenvalue weighted by molar-refractivity contribution is -0.0444. The lowest BCUT2D eigenvalue weighted by Crippen LogP contribution is -2.54. The summed E-state index contributed by atoms with van der Waals surface area (Å²) in [4.78, 5) is 28.4. The van der Waals surface area contributed by atoms with E-state index in [-0.39, 0.29) is 6.04 Å². The highest BCUT2D eigenvalue weighted by Gasteiger charge is 2.42. The van der Waals surface area contributed by atoms with Gasteiger partial charge in [0, 0.05) is 24.2 Å². The molecule has 1 aromatic heterocycles. The molecule has 0 spiro atoms.